The number of rotatable bonds is 5. The van der Waals surface area contributed by atoms with Crippen molar-refractivity contribution in [2.75, 3.05) is 31.6 Å². The summed E-state index contributed by atoms with van der Waals surface area (Å²) in [7, 11) is 0. The number of anilines is 1. The lowest BCUT2D eigenvalue weighted by atomic mass is 9.95. The Hall–Kier alpha value is -1.80. The van der Waals surface area contributed by atoms with E-state index < -0.39 is 6.10 Å². The van der Waals surface area contributed by atoms with Crippen LogP contribution in [0.15, 0.2) is 18.2 Å². The molecule has 0 spiro atoms. The van der Waals surface area contributed by atoms with Gasteiger partial charge in [-0.15, -0.1) is 11.3 Å². The van der Waals surface area contributed by atoms with Gasteiger partial charge in [0.2, 0.25) is 0 Å². The van der Waals surface area contributed by atoms with E-state index in [2.05, 4.69) is 5.32 Å². The highest BCUT2D eigenvalue weighted by atomic mass is 35.5. The lowest BCUT2D eigenvalue weighted by Crippen LogP contribution is -2.41. The molecule has 0 unspecified atom stereocenters. The van der Waals surface area contributed by atoms with Crippen molar-refractivity contribution in [2.24, 2.45) is 0 Å². The Morgan fingerprint density at radius 2 is 1.94 bits per heavy atom. The molecule has 2 amide bonds. The van der Waals surface area contributed by atoms with Gasteiger partial charge >= 0.3 is 0 Å². The normalized spacial score (nSPS) is 17.1. The third-order valence-electron chi connectivity index (χ3n) is 5.49. The van der Waals surface area contributed by atoms with Crippen molar-refractivity contribution in [1.29, 1.82) is 0 Å². The highest BCUT2D eigenvalue weighted by molar-refractivity contribution is 7.17. The quantitative estimate of drug-likeness (QED) is 0.663. The number of halogens is 2. The maximum Gasteiger partial charge on any atom is 0.265 e. The molecule has 1 fully saturated rings. The smallest absolute Gasteiger partial charge is 0.265 e. The molecule has 1 atom stereocenters. The molecule has 2 aliphatic rings. The molecule has 1 aromatic heterocycles. The van der Waals surface area contributed by atoms with Crippen LogP contribution in [-0.4, -0.2) is 49.1 Å². The summed E-state index contributed by atoms with van der Waals surface area (Å²) in [5.74, 6) is 0.0109. The van der Waals surface area contributed by atoms with Gasteiger partial charge in [0.15, 0.2) is 6.10 Å². The van der Waals surface area contributed by atoms with Gasteiger partial charge in [-0.1, -0.05) is 23.2 Å². The zero-order chi connectivity index (χ0) is 22.0. The summed E-state index contributed by atoms with van der Waals surface area (Å²) in [5, 5.41) is 4.37. The molecule has 0 bridgehead atoms. The van der Waals surface area contributed by atoms with Crippen LogP contribution in [0.4, 0.5) is 5.00 Å². The van der Waals surface area contributed by atoms with Gasteiger partial charge in [-0.2, -0.15) is 0 Å². The Kier molecular flexibility index (Phi) is 7.06. The van der Waals surface area contributed by atoms with E-state index in [1.807, 2.05) is 4.90 Å². The lowest BCUT2D eigenvalue weighted by molar-refractivity contribution is -0.122. The first-order valence-corrected chi connectivity index (χ1v) is 12.0. The second-order valence-corrected chi connectivity index (χ2v) is 9.59. The number of carbonyl (C=O) groups excluding carboxylic acids is 2. The molecular weight excluding hydrogens is 459 g/mol. The van der Waals surface area contributed by atoms with Crippen LogP contribution < -0.4 is 10.1 Å². The fraction of sp³-hybridized carbons (Fsp3) is 0.455. The molecule has 1 N–H and O–H groups in total. The van der Waals surface area contributed by atoms with Gasteiger partial charge in [0.05, 0.1) is 23.8 Å². The number of aryl methyl sites for hydroxylation is 1. The third kappa shape index (κ3) is 5.00. The third-order valence-corrected chi connectivity index (χ3v) is 7.22. The predicted octanol–water partition coefficient (Wildman–Crippen LogP) is 4.81. The molecule has 1 aromatic carbocycles. The largest absolute Gasteiger partial charge is 0.479 e. The first-order chi connectivity index (χ1) is 14.9. The number of hydrogen-bond donors (Lipinski definition) is 1. The van der Waals surface area contributed by atoms with E-state index in [9.17, 15) is 9.59 Å². The molecule has 4 rings (SSSR count). The minimum Gasteiger partial charge on any atom is -0.479 e. The van der Waals surface area contributed by atoms with Crippen molar-refractivity contribution < 1.29 is 19.1 Å². The molecule has 0 saturated carbocycles. The number of nitrogens with zero attached hydrogens (tertiary/aromatic N) is 1. The standard InChI is InChI=1S/C22H24Cl2N2O4S/c1-13(30-17-7-6-14(23)12-16(17)24)20(27)25-21-19(15-4-2-3-5-18(15)31-21)22(28)26-8-10-29-11-9-26/h6-7,12-13H,2-5,8-11H2,1H3,(H,25,27)/t13-/m1/s1. The average molecular weight is 483 g/mol. The lowest BCUT2D eigenvalue weighted by Gasteiger charge is -2.28. The molecule has 166 valence electrons. The van der Waals surface area contributed by atoms with Gasteiger partial charge in [-0.25, -0.2) is 0 Å². The second kappa shape index (κ2) is 9.77. The summed E-state index contributed by atoms with van der Waals surface area (Å²) in [6.07, 6.45) is 3.14. The van der Waals surface area contributed by atoms with Crippen LogP contribution in [0.5, 0.6) is 5.75 Å². The number of benzene rings is 1. The van der Waals surface area contributed by atoms with Crippen LogP contribution in [0, 0.1) is 0 Å². The van der Waals surface area contributed by atoms with Gasteiger partial charge in [0, 0.05) is 23.0 Å². The van der Waals surface area contributed by atoms with Crippen LogP contribution in [-0.2, 0) is 22.4 Å². The summed E-state index contributed by atoms with van der Waals surface area (Å²) in [5.41, 5.74) is 1.71. The topological polar surface area (TPSA) is 67.9 Å². The van der Waals surface area contributed by atoms with Crippen molar-refractivity contribution in [2.45, 2.75) is 38.7 Å². The first kappa shape index (κ1) is 22.4. The van der Waals surface area contributed by atoms with E-state index in [1.54, 1.807) is 25.1 Å². The fourth-order valence-electron chi connectivity index (χ4n) is 3.83. The minimum atomic E-state index is -0.802. The SMILES string of the molecule is C[C@@H](Oc1ccc(Cl)cc1Cl)C(=O)Nc1sc2c(c1C(=O)N1CCOCC1)CCCC2. The number of amides is 2. The molecule has 31 heavy (non-hydrogen) atoms. The Bertz CT molecular complexity index is 988. The predicted molar refractivity (Wildman–Crippen MR) is 123 cm³/mol. The molecule has 2 aromatic rings. The van der Waals surface area contributed by atoms with Gasteiger partial charge in [0.25, 0.3) is 11.8 Å². The average Bonchev–Trinajstić information content (AvgIpc) is 3.13. The Labute approximate surface area is 195 Å². The summed E-state index contributed by atoms with van der Waals surface area (Å²) >= 11 is 13.6. The molecule has 2 heterocycles. The van der Waals surface area contributed by atoms with Crippen molar-refractivity contribution >= 4 is 51.4 Å². The number of carbonyl (C=O) groups is 2. The first-order valence-electron chi connectivity index (χ1n) is 10.4. The van der Waals surface area contributed by atoms with Crippen LogP contribution in [0.25, 0.3) is 0 Å². The van der Waals surface area contributed by atoms with Crippen molar-refractivity contribution in [3.8, 4) is 5.75 Å². The molecular formula is C22H24Cl2N2O4S. The minimum absolute atomic E-state index is 0.0349. The molecule has 6 nitrogen and oxygen atoms in total. The van der Waals surface area contributed by atoms with E-state index in [1.165, 1.54) is 16.2 Å². The summed E-state index contributed by atoms with van der Waals surface area (Å²) < 4.78 is 11.1. The Morgan fingerprint density at radius 3 is 2.68 bits per heavy atom. The van der Waals surface area contributed by atoms with Crippen molar-refractivity contribution in [3.05, 3.63) is 44.2 Å². The maximum atomic E-state index is 13.3. The summed E-state index contributed by atoms with van der Waals surface area (Å²) in [6.45, 7) is 3.84. The monoisotopic (exact) mass is 482 g/mol. The number of ether oxygens (including phenoxy) is 2. The Morgan fingerprint density at radius 1 is 1.19 bits per heavy atom. The zero-order valence-electron chi connectivity index (χ0n) is 17.2. The molecule has 0 radical (unpaired) electrons. The van der Waals surface area contributed by atoms with Crippen molar-refractivity contribution in [3.63, 3.8) is 0 Å². The molecule has 1 aliphatic heterocycles. The summed E-state index contributed by atoms with van der Waals surface area (Å²) in [4.78, 5) is 29.2. The van der Waals surface area contributed by atoms with Crippen LogP contribution in [0.3, 0.4) is 0 Å². The van der Waals surface area contributed by atoms with Gasteiger partial charge in [-0.3, -0.25) is 9.59 Å². The molecule has 1 aliphatic carbocycles. The van der Waals surface area contributed by atoms with E-state index in [0.717, 1.165) is 31.2 Å². The number of nitrogens with one attached hydrogen (secondary N) is 1. The van der Waals surface area contributed by atoms with Crippen LogP contribution >= 0.6 is 34.5 Å². The highest BCUT2D eigenvalue weighted by Crippen LogP contribution is 2.39. The van der Waals surface area contributed by atoms with Gasteiger partial charge in [-0.05, 0) is 56.4 Å². The van der Waals surface area contributed by atoms with Gasteiger partial charge < -0.3 is 19.7 Å². The van der Waals surface area contributed by atoms with E-state index >= 15 is 0 Å². The fourth-order valence-corrected chi connectivity index (χ4v) is 5.57. The van der Waals surface area contributed by atoms with E-state index in [0.29, 0.717) is 52.7 Å². The summed E-state index contributed by atoms with van der Waals surface area (Å²) in [6, 6.07) is 4.85. The maximum absolute atomic E-state index is 13.3. The number of morpholine rings is 1. The van der Waals surface area contributed by atoms with E-state index in [4.69, 9.17) is 32.7 Å². The highest BCUT2D eigenvalue weighted by Gasteiger charge is 2.31. The second-order valence-electron chi connectivity index (χ2n) is 7.64. The van der Waals surface area contributed by atoms with E-state index in [-0.39, 0.29) is 11.8 Å². The van der Waals surface area contributed by atoms with Gasteiger partial charge in [0.1, 0.15) is 10.8 Å². The molecule has 1 saturated heterocycles. The Balaban J connectivity index is 1.55. The van der Waals surface area contributed by atoms with Crippen molar-refractivity contribution in [1.82, 2.24) is 4.90 Å². The zero-order valence-corrected chi connectivity index (χ0v) is 19.5. The molecule has 9 heteroatoms. The number of hydrogen-bond acceptors (Lipinski definition) is 5. The number of fused-ring (bicyclic) bond motifs is 1. The number of thiophene rings is 1. The van der Waals surface area contributed by atoms with Crippen LogP contribution in [0.1, 0.15) is 40.6 Å². The van der Waals surface area contributed by atoms with Crippen LogP contribution in [0.2, 0.25) is 10.0 Å².